The first-order valence-electron chi connectivity index (χ1n) is 11.5. The van der Waals surface area contributed by atoms with Crippen molar-refractivity contribution < 1.29 is 27.5 Å². The van der Waals surface area contributed by atoms with E-state index in [0.717, 1.165) is 12.1 Å². The van der Waals surface area contributed by atoms with Crippen molar-refractivity contribution in [2.75, 3.05) is 43.0 Å². The third kappa shape index (κ3) is 6.77. The summed E-state index contributed by atoms with van der Waals surface area (Å²) in [6, 6.07) is 14.2. The first kappa shape index (κ1) is 25.1. The van der Waals surface area contributed by atoms with Crippen LogP contribution in [-0.4, -0.2) is 59.3 Å². The number of nitrogens with zero attached hydrogens (tertiary/aromatic N) is 4. The number of rotatable bonds is 8. The van der Waals surface area contributed by atoms with Gasteiger partial charge in [0.15, 0.2) is 0 Å². The van der Waals surface area contributed by atoms with Crippen LogP contribution < -0.4 is 15.0 Å². The maximum Gasteiger partial charge on any atom is 0.416 e. The summed E-state index contributed by atoms with van der Waals surface area (Å²) in [6.07, 6.45) is -1.13. The molecule has 4 rings (SSSR count). The lowest BCUT2D eigenvalue weighted by molar-refractivity contribution is -0.137. The van der Waals surface area contributed by atoms with Crippen LogP contribution in [0.1, 0.15) is 12.0 Å². The molecule has 0 bridgehead atoms. The molecule has 11 heteroatoms. The Bertz CT molecular complexity index is 1160. The van der Waals surface area contributed by atoms with E-state index in [2.05, 4.69) is 10.4 Å². The number of para-hydroxylation sites is 1. The SMILES string of the molecule is O=C(CCOc1ccccc1)Nc1cnn(CC(=O)N2CCN(c3ccc(C(F)(F)F)cc3)CC2)c1. The third-order valence-electron chi connectivity index (χ3n) is 5.75. The number of aromatic nitrogens is 2. The lowest BCUT2D eigenvalue weighted by atomic mass is 10.1. The van der Waals surface area contributed by atoms with Crippen molar-refractivity contribution >= 4 is 23.2 Å². The molecule has 2 heterocycles. The molecule has 1 fully saturated rings. The molecule has 3 aromatic rings. The summed E-state index contributed by atoms with van der Waals surface area (Å²) in [7, 11) is 0. The average molecular weight is 502 g/mol. The second kappa shape index (κ2) is 11.1. The van der Waals surface area contributed by atoms with E-state index in [1.807, 2.05) is 35.2 Å². The lowest BCUT2D eigenvalue weighted by Gasteiger charge is -2.36. The number of piperazine rings is 1. The molecule has 36 heavy (non-hydrogen) atoms. The third-order valence-corrected chi connectivity index (χ3v) is 5.75. The summed E-state index contributed by atoms with van der Waals surface area (Å²) in [5, 5.41) is 6.88. The van der Waals surface area contributed by atoms with Crippen molar-refractivity contribution in [3.8, 4) is 5.75 Å². The summed E-state index contributed by atoms with van der Waals surface area (Å²) in [6.45, 7) is 2.19. The van der Waals surface area contributed by atoms with Crippen LogP contribution in [0.3, 0.4) is 0 Å². The molecule has 1 aliphatic heterocycles. The van der Waals surface area contributed by atoms with Crippen molar-refractivity contribution in [1.82, 2.24) is 14.7 Å². The zero-order valence-electron chi connectivity index (χ0n) is 19.4. The van der Waals surface area contributed by atoms with Crippen molar-refractivity contribution in [3.05, 3.63) is 72.6 Å². The van der Waals surface area contributed by atoms with Crippen molar-refractivity contribution in [2.45, 2.75) is 19.1 Å². The van der Waals surface area contributed by atoms with Gasteiger partial charge in [-0.25, -0.2) is 0 Å². The standard InChI is InChI=1S/C25H26F3N5O3/c26-25(27,28)19-6-8-21(9-7-19)31-11-13-32(14-12-31)24(35)18-33-17-20(16-29-33)30-23(34)10-15-36-22-4-2-1-3-5-22/h1-9,16-17H,10-15,18H2,(H,30,34). The van der Waals surface area contributed by atoms with Crippen LogP contribution in [0.25, 0.3) is 0 Å². The number of benzene rings is 2. The largest absolute Gasteiger partial charge is 0.493 e. The first-order valence-corrected chi connectivity index (χ1v) is 11.5. The number of nitrogens with one attached hydrogen (secondary N) is 1. The van der Waals surface area contributed by atoms with Gasteiger partial charge in [-0.05, 0) is 36.4 Å². The highest BCUT2D eigenvalue weighted by atomic mass is 19.4. The minimum absolute atomic E-state index is 0.0211. The van der Waals surface area contributed by atoms with Crippen molar-refractivity contribution in [3.63, 3.8) is 0 Å². The number of halogens is 3. The summed E-state index contributed by atoms with van der Waals surface area (Å²) >= 11 is 0. The summed E-state index contributed by atoms with van der Waals surface area (Å²) in [5.74, 6) is 0.340. The molecule has 0 aliphatic carbocycles. The molecule has 2 aromatic carbocycles. The van der Waals surface area contributed by atoms with Crippen LogP contribution in [0, 0.1) is 0 Å². The van der Waals surface area contributed by atoms with E-state index in [1.165, 1.54) is 23.0 Å². The fourth-order valence-corrected chi connectivity index (χ4v) is 3.83. The monoisotopic (exact) mass is 501 g/mol. The molecule has 0 atom stereocenters. The Morgan fingerprint density at radius 3 is 2.33 bits per heavy atom. The molecule has 1 aliphatic rings. The maximum atomic E-state index is 12.8. The molecule has 0 radical (unpaired) electrons. The van der Waals surface area contributed by atoms with Crippen molar-refractivity contribution in [1.29, 1.82) is 0 Å². The molecule has 8 nitrogen and oxygen atoms in total. The van der Waals surface area contributed by atoms with E-state index in [-0.39, 0.29) is 31.4 Å². The van der Waals surface area contributed by atoms with Gasteiger partial charge in [-0.1, -0.05) is 18.2 Å². The molecule has 1 saturated heterocycles. The number of amides is 2. The zero-order chi connectivity index (χ0) is 25.5. The fourth-order valence-electron chi connectivity index (χ4n) is 3.83. The van der Waals surface area contributed by atoms with Crippen LogP contribution in [0.2, 0.25) is 0 Å². The van der Waals surface area contributed by atoms with E-state index in [4.69, 9.17) is 4.74 Å². The Balaban J connectivity index is 1.20. The predicted octanol–water partition coefficient (Wildman–Crippen LogP) is 3.66. The van der Waals surface area contributed by atoms with E-state index in [1.54, 1.807) is 11.1 Å². The number of carbonyl (C=O) groups excluding carboxylic acids is 2. The smallest absolute Gasteiger partial charge is 0.416 e. The van der Waals surface area contributed by atoms with Crippen LogP contribution in [0.15, 0.2) is 67.0 Å². The van der Waals surface area contributed by atoms with Crippen LogP contribution in [0.4, 0.5) is 24.5 Å². The van der Waals surface area contributed by atoms with Gasteiger partial charge in [0.25, 0.3) is 0 Å². The highest BCUT2D eigenvalue weighted by Gasteiger charge is 2.30. The Labute approximate surface area is 206 Å². The normalized spacial score (nSPS) is 14.0. The van der Waals surface area contributed by atoms with Gasteiger partial charge in [0.1, 0.15) is 12.3 Å². The summed E-state index contributed by atoms with van der Waals surface area (Å²) < 4.78 is 45.3. The van der Waals surface area contributed by atoms with Crippen LogP contribution in [0.5, 0.6) is 5.75 Å². The zero-order valence-corrected chi connectivity index (χ0v) is 19.4. The minimum atomic E-state index is -4.37. The van der Waals surface area contributed by atoms with Gasteiger partial charge in [0, 0.05) is 38.1 Å². The quantitative estimate of drug-likeness (QED) is 0.510. The Morgan fingerprint density at radius 1 is 0.972 bits per heavy atom. The number of anilines is 2. The van der Waals surface area contributed by atoms with Crippen LogP contribution >= 0.6 is 0 Å². The van der Waals surface area contributed by atoms with E-state index in [0.29, 0.717) is 43.3 Å². The Hall–Kier alpha value is -4.02. The highest BCUT2D eigenvalue weighted by molar-refractivity contribution is 5.90. The molecule has 0 saturated carbocycles. The molecule has 0 unspecified atom stereocenters. The fraction of sp³-hybridized carbons (Fsp3) is 0.320. The second-order valence-corrected chi connectivity index (χ2v) is 8.30. The molecule has 1 N–H and O–H groups in total. The lowest BCUT2D eigenvalue weighted by Crippen LogP contribution is -2.49. The molecule has 190 valence electrons. The molecular formula is C25H26F3N5O3. The van der Waals surface area contributed by atoms with Gasteiger partial charge >= 0.3 is 6.18 Å². The average Bonchev–Trinajstić information content (AvgIpc) is 3.30. The summed E-state index contributed by atoms with van der Waals surface area (Å²) in [4.78, 5) is 28.5. The minimum Gasteiger partial charge on any atom is -0.493 e. The van der Waals surface area contributed by atoms with Gasteiger partial charge < -0.3 is 19.9 Å². The van der Waals surface area contributed by atoms with Gasteiger partial charge in [0.05, 0.1) is 30.5 Å². The van der Waals surface area contributed by atoms with Crippen LogP contribution in [-0.2, 0) is 22.3 Å². The Morgan fingerprint density at radius 2 is 1.67 bits per heavy atom. The van der Waals surface area contributed by atoms with E-state index in [9.17, 15) is 22.8 Å². The molecular weight excluding hydrogens is 475 g/mol. The van der Waals surface area contributed by atoms with Gasteiger partial charge in [-0.2, -0.15) is 18.3 Å². The van der Waals surface area contributed by atoms with E-state index >= 15 is 0 Å². The summed E-state index contributed by atoms with van der Waals surface area (Å²) in [5.41, 5.74) is 0.492. The van der Waals surface area contributed by atoms with Gasteiger partial charge in [0.2, 0.25) is 11.8 Å². The van der Waals surface area contributed by atoms with Gasteiger partial charge in [-0.3, -0.25) is 14.3 Å². The van der Waals surface area contributed by atoms with E-state index < -0.39 is 11.7 Å². The van der Waals surface area contributed by atoms with Gasteiger partial charge in [-0.15, -0.1) is 0 Å². The number of ether oxygens (including phenoxy) is 1. The number of hydrogen-bond donors (Lipinski definition) is 1. The van der Waals surface area contributed by atoms with Crippen molar-refractivity contribution in [2.24, 2.45) is 0 Å². The predicted molar refractivity (Wildman–Crippen MR) is 128 cm³/mol. The molecule has 1 aromatic heterocycles. The second-order valence-electron chi connectivity index (χ2n) is 8.30. The number of carbonyl (C=O) groups is 2. The highest BCUT2D eigenvalue weighted by Crippen LogP contribution is 2.30. The topological polar surface area (TPSA) is 79.7 Å². The number of hydrogen-bond acceptors (Lipinski definition) is 5. The first-order chi connectivity index (χ1) is 17.3. The molecule has 0 spiro atoms. The molecule has 2 amide bonds. The maximum absolute atomic E-state index is 12.8. The number of alkyl halides is 3. The Kier molecular flexibility index (Phi) is 7.77.